The number of hydrogen-bond acceptors (Lipinski definition) is 4. The first-order valence-electron chi connectivity index (χ1n) is 10.9. The molecule has 158 valence electrons. The molecule has 1 aliphatic heterocycles. The first-order valence-corrected chi connectivity index (χ1v) is 10.9. The molecule has 3 N–H and O–H groups in total. The monoisotopic (exact) mass is 407 g/mol. The fourth-order valence-electron chi connectivity index (χ4n) is 5.22. The molecule has 1 amide bonds. The fraction of sp³-hybridized carbons (Fsp3) is 0.480. The minimum Gasteiger partial charge on any atom is -0.380 e. The van der Waals surface area contributed by atoms with Crippen LogP contribution in [0.1, 0.15) is 61.0 Å². The Labute approximate surface area is 177 Å². The van der Waals surface area contributed by atoms with Gasteiger partial charge in [0, 0.05) is 18.7 Å². The van der Waals surface area contributed by atoms with Gasteiger partial charge in [0.15, 0.2) is 6.29 Å². The van der Waals surface area contributed by atoms with Crippen LogP contribution in [0.25, 0.3) is 11.1 Å². The number of aryl methyl sites for hydroxylation is 1. The second-order valence-electron chi connectivity index (χ2n) is 9.51. The highest BCUT2D eigenvalue weighted by atomic mass is 16.5. The van der Waals surface area contributed by atoms with Gasteiger partial charge in [0.25, 0.3) is 5.91 Å². The van der Waals surface area contributed by atoms with E-state index >= 15 is 0 Å². The number of aliphatic hydroxyl groups excluding tert-OH is 1. The van der Waals surface area contributed by atoms with Crippen LogP contribution >= 0.6 is 0 Å². The van der Waals surface area contributed by atoms with Crippen molar-refractivity contribution in [1.29, 1.82) is 0 Å². The Hall–Kier alpha value is -2.21. The Bertz CT molecular complexity index is 969. The molecule has 5 rings (SSSR count). The second-order valence-corrected chi connectivity index (χ2v) is 9.51. The van der Waals surface area contributed by atoms with E-state index in [1.165, 1.54) is 12.0 Å². The van der Waals surface area contributed by atoms with Crippen molar-refractivity contribution in [3.63, 3.8) is 0 Å². The summed E-state index contributed by atoms with van der Waals surface area (Å²) in [7, 11) is 0. The van der Waals surface area contributed by atoms with Crippen LogP contribution in [-0.2, 0) is 4.79 Å². The fourth-order valence-corrected chi connectivity index (χ4v) is 5.22. The van der Waals surface area contributed by atoms with Crippen molar-refractivity contribution in [2.45, 2.75) is 56.8 Å². The predicted octanol–water partition coefficient (Wildman–Crippen LogP) is 3.27. The normalized spacial score (nSPS) is 23.6. The molecule has 30 heavy (non-hydrogen) atoms. The van der Waals surface area contributed by atoms with Gasteiger partial charge in [0.05, 0.1) is 0 Å². The molecule has 2 aromatic rings. The molecule has 1 heterocycles. The molecule has 1 atom stereocenters. The summed E-state index contributed by atoms with van der Waals surface area (Å²) in [6.45, 7) is 3.51. The average Bonchev–Trinajstić information content (AvgIpc) is 3.66. The van der Waals surface area contributed by atoms with Crippen LogP contribution < -0.4 is 0 Å². The number of rotatable bonds is 4. The van der Waals surface area contributed by atoms with Gasteiger partial charge in [-0.2, -0.15) is 0 Å². The van der Waals surface area contributed by atoms with E-state index in [1.54, 1.807) is 6.07 Å². The van der Waals surface area contributed by atoms with E-state index < -0.39 is 11.9 Å². The van der Waals surface area contributed by atoms with Crippen LogP contribution in [0.5, 0.6) is 0 Å². The van der Waals surface area contributed by atoms with Gasteiger partial charge in [0.2, 0.25) is 0 Å². The Balaban J connectivity index is 1.25. The number of benzene rings is 2. The molecule has 2 saturated carbocycles. The molecule has 1 saturated heterocycles. The van der Waals surface area contributed by atoms with E-state index in [1.807, 2.05) is 24.0 Å². The number of hydrogen-bond donors (Lipinski definition) is 3. The summed E-state index contributed by atoms with van der Waals surface area (Å²) in [6.07, 6.45) is 3.01. The zero-order chi connectivity index (χ0) is 21.1. The lowest BCUT2D eigenvalue weighted by Gasteiger charge is -2.34. The minimum absolute atomic E-state index is 0.0611. The molecule has 3 aliphatic rings. The zero-order valence-corrected chi connectivity index (χ0v) is 17.3. The van der Waals surface area contributed by atoms with Gasteiger partial charge in [-0.1, -0.05) is 42.5 Å². The maximum absolute atomic E-state index is 12.4. The topological polar surface area (TPSA) is 81.0 Å². The van der Waals surface area contributed by atoms with Gasteiger partial charge in [0.1, 0.15) is 5.60 Å². The Morgan fingerprint density at radius 2 is 1.70 bits per heavy atom. The predicted molar refractivity (Wildman–Crippen MR) is 114 cm³/mol. The van der Waals surface area contributed by atoms with Gasteiger partial charge >= 0.3 is 0 Å². The molecular formula is C25H29NO4. The highest BCUT2D eigenvalue weighted by Crippen LogP contribution is 2.65. The summed E-state index contributed by atoms with van der Waals surface area (Å²) in [5, 5.41) is 28.8. The van der Waals surface area contributed by atoms with Crippen LogP contribution in [0.4, 0.5) is 0 Å². The molecule has 5 heteroatoms. The smallest absolute Gasteiger partial charge is 0.254 e. The number of carbonyl (C=O) groups is 1. The Kier molecular flexibility index (Phi) is 4.54. The number of carbonyl (C=O) groups excluding carboxylic acids is 1. The lowest BCUT2D eigenvalue weighted by molar-refractivity contribution is -0.144. The standard InChI is InChI=1S/C25H29NO4/c1-16-14-19(22(27)28)6-7-20(16)17-2-4-18(5-3-17)21-15-24(21)10-12-26(13-11-24)23(29)25(30)8-9-25/h2-7,14,21-22,27-28,30H,8-13,15H2,1H3/t21-/m1/s1. The quantitative estimate of drug-likeness (QED) is 0.680. The molecule has 0 radical (unpaired) electrons. The first kappa shape index (κ1) is 19.7. The molecule has 3 fully saturated rings. The van der Waals surface area contributed by atoms with E-state index in [-0.39, 0.29) is 5.91 Å². The SMILES string of the molecule is Cc1cc(C(O)O)ccc1-c1ccc([C@H]2CC23CCN(C(=O)C2(O)CC2)CC3)cc1. The van der Waals surface area contributed by atoms with Gasteiger partial charge < -0.3 is 20.2 Å². The third kappa shape index (κ3) is 3.35. The largest absolute Gasteiger partial charge is 0.380 e. The maximum atomic E-state index is 12.4. The van der Waals surface area contributed by atoms with Crippen molar-refractivity contribution in [2.75, 3.05) is 13.1 Å². The molecule has 0 bridgehead atoms. The molecule has 1 spiro atoms. The van der Waals surface area contributed by atoms with Crippen molar-refractivity contribution < 1.29 is 20.1 Å². The van der Waals surface area contributed by atoms with Crippen molar-refractivity contribution in [3.8, 4) is 11.1 Å². The van der Waals surface area contributed by atoms with Gasteiger partial charge in [-0.15, -0.1) is 0 Å². The summed E-state index contributed by atoms with van der Waals surface area (Å²) in [4.78, 5) is 14.2. The summed E-state index contributed by atoms with van der Waals surface area (Å²) >= 11 is 0. The van der Waals surface area contributed by atoms with Gasteiger partial charge in [-0.05, 0) is 72.6 Å². The molecule has 5 nitrogen and oxygen atoms in total. The van der Waals surface area contributed by atoms with Crippen LogP contribution in [0.3, 0.4) is 0 Å². The third-order valence-electron chi connectivity index (χ3n) is 7.53. The van der Waals surface area contributed by atoms with Gasteiger partial charge in [-0.3, -0.25) is 4.79 Å². The lowest BCUT2D eigenvalue weighted by atomic mass is 9.88. The molecular weight excluding hydrogens is 378 g/mol. The van der Waals surface area contributed by atoms with E-state index in [4.69, 9.17) is 0 Å². The molecule has 2 aromatic carbocycles. The van der Waals surface area contributed by atoms with E-state index in [2.05, 4.69) is 24.3 Å². The van der Waals surface area contributed by atoms with E-state index in [0.717, 1.165) is 42.6 Å². The van der Waals surface area contributed by atoms with Crippen LogP contribution in [0.2, 0.25) is 0 Å². The molecule has 0 unspecified atom stereocenters. The number of nitrogens with zero attached hydrogens (tertiary/aromatic N) is 1. The molecule has 2 aliphatic carbocycles. The van der Waals surface area contributed by atoms with Crippen molar-refractivity contribution in [3.05, 3.63) is 59.2 Å². The van der Waals surface area contributed by atoms with E-state index in [0.29, 0.717) is 29.7 Å². The summed E-state index contributed by atoms with van der Waals surface area (Å²) in [5.74, 6) is 0.495. The van der Waals surface area contributed by atoms with Crippen LogP contribution in [0.15, 0.2) is 42.5 Å². The third-order valence-corrected chi connectivity index (χ3v) is 7.53. The second kappa shape index (κ2) is 6.91. The first-order chi connectivity index (χ1) is 14.3. The zero-order valence-electron chi connectivity index (χ0n) is 17.3. The number of amides is 1. The van der Waals surface area contributed by atoms with Crippen molar-refractivity contribution >= 4 is 5.91 Å². The number of piperidine rings is 1. The highest BCUT2D eigenvalue weighted by Gasteiger charge is 2.57. The summed E-state index contributed by atoms with van der Waals surface area (Å²) < 4.78 is 0. The van der Waals surface area contributed by atoms with Crippen LogP contribution in [-0.4, -0.2) is 44.8 Å². The molecule has 0 aromatic heterocycles. The van der Waals surface area contributed by atoms with Gasteiger partial charge in [-0.25, -0.2) is 0 Å². The van der Waals surface area contributed by atoms with Crippen molar-refractivity contribution in [1.82, 2.24) is 4.90 Å². The average molecular weight is 408 g/mol. The Morgan fingerprint density at radius 1 is 1.03 bits per heavy atom. The summed E-state index contributed by atoms with van der Waals surface area (Å²) in [6, 6.07) is 14.3. The minimum atomic E-state index is -1.44. The number of likely N-dealkylation sites (tertiary alicyclic amines) is 1. The highest BCUT2D eigenvalue weighted by molar-refractivity contribution is 5.87. The summed E-state index contributed by atoms with van der Waals surface area (Å²) in [5.41, 5.74) is 4.38. The van der Waals surface area contributed by atoms with E-state index in [9.17, 15) is 20.1 Å². The Morgan fingerprint density at radius 3 is 2.27 bits per heavy atom. The van der Waals surface area contributed by atoms with Crippen molar-refractivity contribution in [2.24, 2.45) is 5.41 Å². The van der Waals surface area contributed by atoms with Crippen LogP contribution in [0, 0.1) is 12.3 Å². The number of aliphatic hydroxyl groups is 3. The maximum Gasteiger partial charge on any atom is 0.254 e. The lowest BCUT2D eigenvalue weighted by Crippen LogP contribution is -2.45.